The minimum atomic E-state index is -0.0373. The molecule has 0 radical (unpaired) electrons. The van der Waals surface area contributed by atoms with E-state index in [0.717, 1.165) is 5.75 Å². The van der Waals surface area contributed by atoms with Crippen LogP contribution in [0.15, 0.2) is 47.6 Å². The first-order valence-electron chi connectivity index (χ1n) is 6.99. The summed E-state index contributed by atoms with van der Waals surface area (Å²) < 4.78 is 5.57. The van der Waals surface area contributed by atoms with Crippen molar-refractivity contribution in [3.8, 4) is 5.75 Å². The third-order valence-electron chi connectivity index (χ3n) is 2.77. The van der Waals surface area contributed by atoms with E-state index in [0.29, 0.717) is 16.9 Å². The van der Waals surface area contributed by atoms with Gasteiger partial charge < -0.3 is 4.74 Å². The van der Waals surface area contributed by atoms with Crippen molar-refractivity contribution < 1.29 is 9.53 Å². The van der Waals surface area contributed by atoms with Crippen LogP contribution in [0.3, 0.4) is 0 Å². The van der Waals surface area contributed by atoms with Crippen molar-refractivity contribution in [2.45, 2.75) is 31.8 Å². The average molecular weight is 301 g/mol. The summed E-state index contributed by atoms with van der Waals surface area (Å²) >= 11 is 1.76. The maximum Gasteiger partial charge on any atom is 0.194 e. The first kappa shape index (κ1) is 15.6. The zero-order valence-electron chi connectivity index (χ0n) is 12.5. The second-order valence-corrected chi connectivity index (χ2v) is 6.20. The summed E-state index contributed by atoms with van der Waals surface area (Å²) in [7, 11) is 0. The molecule has 0 saturated carbocycles. The van der Waals surface area contributed by atoms with E-state index in [1.54, 1.807) is 30.2 Å². The van der Waals surface area contributed by atoms with Crippen LogP contribution in [0, 0.1) is 0 Å². The van der Waals surface area contributed by atoms with E-state index < -0.39 is 0 Å². The topological polar surface area (TPSA) is 39.2 Å². The van der Waals surface area contributed by atoms with E-state index in [2.05, 4.69) is 11.9 Å². The van der Waals surface area contributed by atoms with Crippen molar-refractivity contribution in [2.75, 3.05) is 5.75 Å². The monoisotopic (exact) mass is 301 g/mol. The molecule has 0 saturated heterocycles. The minimum absolute atomic E-state index is 0.0373. The Morgan fingerprint density at radius 3 is 2.52 bits per heavy atom. The number of aromatic nitrogens is 1. The lowest BCUT2D eigenvalue weighted by Crippen LogP contribution is -2.07. The molecule has 1 heterocycles. The third kappa shape index (κ3) is 4.33. The second kappa shape index (κ2) is 7.27. The number of pyridine rings is 1. The van der Waals surface area contributed by atoms with E-state index in [-0.39, 0.29) is 11.9 Å². The molecule has 0 amide bonds. The van der Waals surface area contributed by atoms with E-state index in [1.165, 1.54) is 4.90 Å². The zero-order chi connectivity index (χ0) is 15.2. The molecular formula is C17H19NO2S. The molecule has 0 aliphatic heterocycles. The van der Waals surface area contributed by atoms with E-state index in [4.69, 9.17) is 4.74 Å². The molecule has 1 aromatic heterocycles. The van der Waals surface area contributed by atoms with Gasteiger partial charge >= 0.3 is 0 Å². The number of ketones is 1. The van der Waals surface area contributed by atoms with Crippen LogP contribution in [0.4, 0.5) is 0 Å². The zero-order valence-corrected chi connectivity index (χ0v) is 13.3. The van der Waals surface area contributed by atoms with E-state index in [1.807, 2.05) is 38.1 Å². The van der Waals surface area contributed by atoms with Gasteiger partial charge in [-0.15, -0.1) is 11.8 Å². The molecule has 4 heteroatoms. The molecule has 0 aliphatic rings. The van der Waals surface area contributed by atoms with Crippen LogP contribution < -0.4 is 4.74 Å². The summed E-state index contributed by atoms with van der Waals surface area (Å²) in [4.78, 5) is 17.7. The fourth-order valence-corrected chi connectivity index (χ4v) is 2.58. The van der Waals surface area contributed by atoms with Crippen molar-refractivity contribution in [3.63, 3.8) is 0 Å². The third-order valence-corrected chi connectivity index (χ3v) is 3.67. The lowest BCUT2D eigenvalue weighted by molar-refractivity contribution is 0.103. The molecule has 3 nitrogen and oxygen atoms in total. The molecule has 0 atom stereocenters. The average Bonchev–Trinajstić information content (AvgIpc) is 2.47. The highest BCUT2D eigenvalue weighted by Gasteiger charge is 2.11. The number of carbonyl (C=O) groups excluding carboxylic acids is 1. The second-order valence-electron chi connectivity index (χ2n) is 4.86. The number of rotatable bonds is 6. The number of benzene rings is 1. The largest absolute Gasteiger partial charge is 0.489 e. The van der Waals surface area contributed by atoms with Crippen LogP contribution in [0.25, 0.3) is 0 Å². The van der Waals surface area contributed by atoms with Crippen LogP contribution >= 0.6 is 11.8 Å². The molecule has 21 heavy (non-hydrogen) atoms. The van der Waals surface area contributed by atoms with Gasteiger partial charge in [0, 0.05) is 22.2 Å². The van der Waals surface area contributed by atoms with E-state index >= 15 is 0 Å². The van der Waals surface area contributed by atoms with Gasteiger partial charge in [-0.25, -0.2) is 0 Å². The fourth-order valence-electron chi connectivity index (χ4n) is 1.92. The normalized spacial score (nSPS) is 10.7. The summed E-state index contributed by atoms with van der Waals surface area (Å²) in [6.07, 6.45) is 3.25. The molecule has 0 N–H and O–H groups in total. The van der Waals surface area contributed by atoms with Crippen molar-refractivity contribution in [1.82, 2.24) is 4.98 Å². The lowest BCUT2D eigenvalue weighted by Gasteiger charge is -2.10. The first-order chi connectivity index (χ1) is 10.1. The van der Waals surface area contributed by atoms with Crippen molar-refractivity contribution in [3.05, 3.63) is 53.9 Å². The SMILES string of the molecule is CCSc1ccc(C(=O)c2cncc(OC(C)C)c2)cc1. The maximum absolute atomic E-state index is 12.5. The molecule has 1 aromatic carbocycles. The predicted molar refractivity (Wildman–Crippen MR) is 86.3 cm³/mol. The number of nitrogens with zero attached hydrogens (tertiary/aromatic N) is 1. The van der Waals surface area contributed by atoms with Gasteiger partial charge in [-0.05, 0) is 49.9 Å². The smallest absolute Gasteiger partial charge is 0.194 e. The maximum atomic E-state index is 12.5. The predicted octanol–water partition coefficient (Wildman–Crippen LogP) is 4.21. The lowest BCUT2D eigenvalue weighted by atomic mass is 10.1. The van der Waals surface area contributed by atoms with Crippen LogP contribution in [0.1, 0.15) is 36.7 Å². The summed E-state index contributed by atoms with van der Waals surface area (Å²) in [5.41, 5.74) is 1.21. The fraction of sp³-hybridized carbons (Fsp3) is 0.294. The van der Waals surface area contributed by atoms with Crippen LogP contribution in [-0.4, -0.2) is 22.6 Å². The highest BCUT2D eigenvalue weighted by molar-refractivity contribution is 7.99. The molecular weight excluding hydrogens is 282 g/mol. The quantitative estimate of drug-likeness (QED) is 0.592. The van der Waals surface area contributed by atoms with Crippen molar-refractivity contribution >= 4 is 17.5 Å². The van der Waals surface area contributed by atoms with Gasteiger partial charge in [-0.2, -0.15) is 0 Å². The van der Waals surface area contributed by atoms with Gasteiger partial charge in [0.05, 0.1) is 12.3 Å². The number of thioether (sulfide) groups is 1. The number of hydrogen-bond acceptors (Lipinski definition) is 4. The molecule has 0 fully saturated rings. The number of carbonyl (C=O) groups is 1. The Bertz CT molecular complexity index is 608. The Morgan fingerprint density at radius 1 is 1.19 bits per heavy atom. The van der Waals surface area contributed by atoms with Gasteiger partial charge in [0.2, 0.25) is 0 Å². The Balaban J connectivity index is 2.19. The molecule has 0 spiro atoms. The van der Waals surface area contributed by atoms with Crippen LogP contribution in [0.2, 0.25) is 0 Å². The Labute approximate surface area is 129 Å². The van der Waals surface area contributed by atoms with Crippen molar-refractivity contribution in [1.29, 1.82) is 0 Å². The molecule has 110 valence electrons. The molecule has 0 bridgehead atoms. The van der Waals surface area contributed by atoms with Crippen LogP contribution in [0.5, 0.6) is 5.75 Å². The molecule has 0 aliphatic carbocycles. The van der Waals surface area contributed by atoms with Gasteiger partial charge in [-0.3, -0.25) is 9.78 Å². The highest BCUT2D eigenvalue weighted by atomic mass is 32.2. The van der Waals surface area contributed by atoms with Gasteiger partial charge in [-0.1, -0.05) is 6.92 Å². The number of ether oxygens (including phenoxy) is 1. The minimum Gasteiger partial charge on any atom is -0.489 e. The summed E-state index contributed by atoms with van der Waals surface area (Å²) in [5, 5.41) is 0. The first-order valence-corrected chi connectivity index (χ1v) is 7.98. The molecule has 0 unspecified atom stereocenters. The summed E-state index contributed by atoms with van der Waals surface area (Å²) in [6, 6.07) is 9.41. The molecule has 2 rings (SSSR count). The van der Waals surface area contributed by atoms with Gasteiger partial charge in [0.15, 0.2) is 5.78 Å². The van der Waals surface area contributed by atoms with Crippen molar-refractivity contribution in [2.24, 2.45) is 0 Å². The number of hydrogen-bond donors (Lipinski definition) is 0. The highest BCUT2D eigenvalue weighted by Crippen LogP contribution is 2.20. The Morgan fingerprint density at radius 2 is 1.90 bits per heavy atom. The summed E-state index contributed by atoms with van der Waals surface area (Å²) in [5.74, 6) is 1.60. The van der Waals surface area contributed by atoms with Gasteiger partial charge in [0.25, 0.3) is 0 Å². The van der Waals surface area contributed by atoms with Crippen LogP contribution in [-0.2, 0) is 0 Å². The van der Waals surface area contributed by atoms with Gasteiger partial charge in [0.1, 0.15) is 5.75 Å². The Kier molecular flexibility index (Phi) is 5.39. The Hall–Kier alpha value is -1.81. The molecule has 2 aromatic rings. The standard InChI is InChI=1S/C17H19NO2S/c1-4-21-16-7-5-13(6-8-16)17(19)14-9-15(11-18-10-14)20-12(2)3/h5-12H,4H2,1-3H3. The summed E-state index contributed by atoms with van der Waals surface area (Å²) in [6.45, 7) is 5.99. The van der Waals surface area contributed by atoms with E-state index in [9.17, 15) is 4.79 Å².